The number of nitrogens with zero attached hydrogens (tertiary/aromatic N) is 4. The van der Waals surface area contributed by atoms with E-state index in [0.29, 0.717) is 40.6 Å². The van der Waals surface area contributed by atoms with Crippen LogP contribution in [0.25, 0.3) is 16.9 Å². The first-order valence-corrected chi connectivity index (χ1v) is 12.2. The van der Waals surface area contributed by atoms with Crippen LogP contribution in [0.2, 0.25) is 0 Å². The van der Waals surface area contributed by atoms with Crippen LogP contribution in [-0.2, 0) is 12.6 Å². The molecule has 0 unspecified atom stereocenters. The highest BCUT2D eigenvalue weighted by atomic mass is 19.4. The van der Waals surface area contributed by atoms with Crippen LogP contribution in [0.4, 0.5) is 18.9 Å². The van der Waals surface area contributed by atoms with Gasteiger partial charge in [-0.05, 0) is 73.2 Å². The molecule has 1 aliphatic rings. The number of carbonyl (C=O) groups excluding carboxylic acids is 1. The maximum absolute atomic E-state index is 13.5. The van der Waals surface area contributed by atoms with Crippen LogP contribution in [0.15, 0.2) is 61.1 Å². The van der Waals surface area contributed by atoms with Crippen LogP contribution < -0.4 is 10.1 Å². The van der Waals surface area contributed by atoms with E-state index in [1.54, 1.807) is 60.7 Å². The van der Waals surface area contributed by atoms with Gasteiger partial charge in [-0.15, -0.1) is 5.10 Å². The lowest BCUT2D eigenvalue weighted by molar-refractivity contribution is -0.137. The minimum Gasteiger partial charge on any atom is -0.495 e. The number of ether oxygens (including phenoxy) is 1. The van der Waals surface area contributed by atoms with Crippen LogP contribution in [-0.4, -0.2) is 33.0 Å². The molecule has 0 atom stereocenters. The van der Waals surface area contributed by atoms with E-state index in [1.807, 2.05) is 6.92 Å². The van der Waals surface area contributed by atoms with E-state index >= 15 is 0 Å². The summed E-state index contributed by atoms with van der Waals surface area (Å²) < 4.78 is 47.4. The van der Waals surface area contributed by atoms with Crippen molar-refractivity contribution in [3.8, 4) is 22.7 Å². The summed E-state index contributed by atoms with van der Waals surface area (Å²) >= 11 is 0. The van der Waals surface area contributed by atoms with E-state index in [1.165, 1.54) is 6.07 Å². The molecule has 2 aromatic heterocycles. The van der Waals surface area contributed by atoms with Crippen LogP contribution in [0.3, 0.4) is 0 Å². The van der Waals surface area contributed by atoms with Crippen molar-refractivity contribution in [3.63, 3.8) is 0 Å². The molecule has 1 fully saturated rings. The van der Waals surface area contributed by atoms with E-state index in [9.17, 15) is 18.0 Å². The van der Waals surface area contributed by atoms with Gasteiger partial charge in [-0.3, -0.25) is 9.78 Å². The third-order valence-electron chi connectivity index (χ3n) is 6.57. The highest BCUT2D eigenvalue weighted by Crippen LogP contribution is 2.36. The molecule has 0 aliphatic heterocycles. The summed E-state index contributed by atoms with van der Waals surface area (Å²) in [6.07, 6.45) is 4.08. The summed E-state index contributed by atoms with van der Waals surface area (Å²) in [5.41, 5.74) is 2.91. The Labute approximate surface area is 217 Å². The molecule has 2 heterocycles. The zero-order valence-corrected chi connectivity index (χ0v) is 20.9. The number of anilines is 1. The Bertz CT molecular complexity index is 1480. The van der Waals surface area contributed by atoms with E-state index in [2.05, 4.69) is 20.6 Å². The van der Waals surface area contributed by atoms with Crippen molar-refractivity contribution < 1.29 is 22.7 Å². The average Bonchev–Trinajstić information content (AvgIpc) is 3.61. The fraction of sp³-hybridized carbons (Fsp3) is 0.286. The highest BCUT2D eigenvalue weighted by Gasteiger charge is 2.31. The van der Waals surface area contributed by atoms with Crippen LogP contribution >= 0.6 is 0 Å². The normalized spacial score (nSPS) is 13.4. The van der Waals surface area contributed by atoms with E-state index in [0.717, 1.165) is 30.9 Å². The van der Waals surface area contributed by atoms with Gasteiger partial charge in [-0.1, -0.05) is 24.1 Å². The lowest BCUT2D eigenvalue weighted by atomic mass is 10.0. The fourth-order valence-corrected chi connectivity index (χ4v) is 4.23. The van der Waals surface area contributed by atoms with Crippen molar-refractivity contribution in [1.29, 1.82) is 0 Å². The molecule has 0 bridgehead atoms. The van der Waals surface area contributed by atoms with Crippen molar-refractivity contribution >= 4 is 11.6 Å². The highest BCUT2D eigenvalue weighted by molar-refractivity contribution is 6.04. The molecule has 5 rings (SSSR count). The quantitative estimate of drug-likeness (QED) is 0.296. The molecule has 2 aromatic carbocycles. The first-order valence-electron chi connectivity index (χ1n) is 12.2. The predicted octanol–water partition coefficient (Wildman–Crippen LogP) is 6.26. The fourth-order valence-electron chi connectivity index (χ4n) is 4.23. The average molecular weight is 522 g/mol. The van der Waals surface area contributed by atoms with Crippen LogP contribution in [0.5, 0.6) is 5.75 Å². The first-order chi connectivity index (χ1) is 18.2. The minimum absolute atomic E-state index is 0.117. The molecular weight excluding hydrogens is 495 g/mol. The number of methoxy groups -OCH3 is 1. The standard InChI is InChI=1S/C28H26F3N5O2/c1-17-3-8-20(12-26(17)36-16-25(34-35-36)21-11-24(38-2)15-32-14-21)27(37)33-23-10-19(7-6-18-4-5-18)9-22(13-23)28(29,30)31/h3,8-16,18H,4-7H2,1-2H3,(H,33,37). The number of rotatable bonds is 8. The summed E-state index contributed by atoms with van der Waals surface area (Å²) in [4.78, 5) is 17.2. The summed E-state index contributed by atoms with van der Waals surface area (Å²) in [6.45, 7) is 1.87. The summed E-state index contributed by atoms with van der Waals surface area (Å²) in [6, 6.07) is 10.6. The Kier molecular flexibility index (Phi) is 6.88. The van der Waals surface area contributed by atoms with Gasteiger partial charge in [-0.25, -0.2) is 4.68 Å². The van der Waals surface area contributed by atoms with Gasteiger partial charge in [0.2, 0.25) is 0 Å². The lowest BCUT2D eigenvalue weighted by Gasteiger charge is -2.14. The van der Waals surface area contributed by atoms with Crippen molar-refractivity contribution in [2.24, 2.45) is 5.92 Å². The largest absolute Gasteiger partial charge is 0.495 e. The minimum atomic E-state index is -4.50. The second kappa shape index (κ2) is 10.3. The second-order valence-electron chi connectivity index (χ2n) is 9.52. The molecular formula is C28H26F3N5O2. The summed E-state index contributed by atoms with van der Waals surface area (Å²) in [5.74, 6) is 0.652. The van der Waals surface area contributed by atoms with Crippen molar-refractivity contribution in [3.05, 3.63) is 83.3 Å². The maximum atomic E-state index is 13.5. The zero-order chi connectivity index (χ0) is 26.9. The molecule has 0 saturated heterocycles. The maximum Gasteiger partial charge on any atom is 0.416 e. The Balaban J connectivity index is 1.39. The van der Waals surface area contributed by atoms with Crippen LogP contribution in [0.1, 0.15) is 46.3 Å². The van der Waals surface area contributed by atoms with Gasteiger partial charge in [0, 0.05) is 23.0 Å². The smallest absolute Gasteiger partial charge is 0.416 e. The molecule has 1 saturated carbocycles. The zero-order valence-electron chi connectivity index (χ0n) is 20.9. The Hall–Kier alpha value is -4.21. The van der Waals surface area contributed by atoms with Gasteiger partial charge in [0.1, 0.15) is 11.4 Å². The molecule has 0 spiro atoms. The number of aryl methyl sites for hydroxylation is 2. The van der Waals surface area contributed by atoms with Gasteiger partial charge in [0.15, 0.2) is 0 Å². The Morgan fingerprint density at radius 2 is 1.95 bits per heavy atom. The molecule has 4 aromatic rings. The number of hydrogen-bond donors (Lipinski definition) is 1. The Morgan fingerprint density at radius 3 is 2.68 bits per heavy atom. The number of carbonyl (C=O) groups is 1. The van der Waals surface area contributed by atoms with E-state index < -0.39 is 17.6 Å². The Morgan fingerprint density at radius 1 is 1.13 bits per heavy atom. The molecule has 7 nitrogen and oxygen atoms in total. The molecule has 1 amide bonds. The van der Waals surface area contributed by atoms with Crippen LogP contribution in [0, 0.1) is 12.8 Å². The van der Waals surface area contributed by atoms with Gasteiger partial charge >= 0.3 is 6.18 Å². The lowest BCUT2D eigenvalue weighted by Crippen LogP contribution is -2.14. The van der Waals surface area contributed by atoms with E-state index in [-0.39, 0.29) is 11.3 Å². The van der Waals surface area contributed by atoms with Crippen molar-refractivity contribution in [2.45, 2.75) is 38.8 Å². The second-order valence-corrected chi connectivity index (χ2v) is 9.52. The monoisotopic (exact) mass is 521 g/mol. The third kappa shape index (κ3) is 5.85. The van der Waals surface area contributed by atoms with Gasteiger partial charge in [0.25, 0.3) is 5.91 Å². The van der Waals surface area contributed by atoms with Crippen molar-refractivity contribution in [1.82, 2.24) is 20.0 Å². The number of amides is 1. The summed E-state index contributed by atoms with van der Waals surface area (Å²) in [7, 11) is 1.55. The number of benzene rings is 2. The molecule has 196 valence electrons. The molecule has 1 aliphatic carbocycles. The van der Waals surface area contributed by atoms with Gasteiger partial charge in [0.05, 0.1) is 30.8 Å². The topological polar surface area (TPSA) is 81.9 Å². The number of aromatic nitrogens is 4. The first kappa shape index (κ1) is 25.4. The van der Waals surface area contributed by atoms with Gasteiger partial charge < -0.3 is 10.1 Å². The summed E-state index contributed by atoms with van der Waals surface area (Å²) in [5, 5.41) is 11.1. The number of pyridine rings is 1. The molecule has 10 heteroatoms. The SMILES string of the molecule is COc1cncc(-c2cn(-c3cc(C(=O)Nc4cc(CCC5CC5)cc(C(F)(F)F)c4)ccc3C)nn2)c1. The number of nitrogens with one attached hydrogen (secondary N) is 1. The van der Waals surface area contributed by atoms with E-state index in [4.69, 9.17) is 4.74 Å². The third-order valence-corrected chi connectivity index (χ3v) is 6.57. The number of alkyl halides is 3. The molecule has 0 radical (unpaired) electrons. The molecule has 38 heavy (non-hydrogen) atoms. The molecule has 1 N–H and O–H groups in total. The van der Waals surface area contributed by atoms with Gasteiger partial charge in [-0.2, -0.15) is 13.2 Å². The van der Waals surface area contributed by atoms with Crippen molar-refractivity contribution in [2.75, 3.05) is 12.4 Å². The predicted molar refractivity (Wildman–Crippen MR) is 136 cm³/mol. The number of hydrogen-bond acceptors (Lipinski definition) is 5. The number of halogens is 3.